The lowest BCUT2D eigenvalue weighted by atomic mass is 10.2. The number of nitrogens with one attached hydrogen (secondary N) is 1. The number of hydrogen-bond donors (Lipinski definition) is 1. The second-order valence-corrected chi connectivity index (χ2v) is 7.68. The van der Waals surface area contributed by atoms with Crippen LogP contribution < -0.4 is 9.62 Å². The van der Waals surface area contributed by atoms with Crippen molar-refractivity contribution in [2.75, 3.05) is 23.7 Å². The predicted octanol–water partition coefficient (Wildman–Crippen LogP) is 1.99. The van der Waals surface area contributed by atoms with Crippen LogP contribution in [0.5, 0.6) is 0 Å². The van der Waals surface area contributed by atoms with Gasteiger partial charge in [0.25, 0.3) is 0 Å². The van der Waals surface area contributed by atoms with Crippen LogP contribution in [0.1, 0.15) is 13.8 Å². The molecule has 0 saturated heterocycles. The molecule has 1 N–H and O–H groups in total. The molecule has 20 heavy (non-hydrogen) atoms. The third-order valence-corrected chi connectivity index (χ3v) is 4.31. The first kappa shape index (κ1) is 17.0. The van der Waals surface area contributed by atoms with E-state index < -0.39 is 10.0 Å². The highest BCUT2D eigenvalue weighted by atomic mass is 79.9. The van der Waals surface area contributed by atoms with Crippen LogP contribution in [0.4, 0.5) is 5.69 Å². The molecule has 7 heteroatoms. The highest BCUT2D eigenvalue weighted by Crippen LogP contribution is 2.27. The first-order valence-corrected chi connectivity index (χ1v) is 8.85. The largest absolute Gasteiger partial charge is 0.354 e. The van der Waals surface area contributed by atoms with Gasteiger partial charge in [-0.15, -0.1) is 0 Å². The van der Waals surface area contributed by atoms with Gasteiger partial charge in [0.05, 0.1) is 11.9 Å². The molecule has 0 bridgehead atoms. The fraction of sp³-hybridized carbons (Fsp3) is 0.462. The summed E-state index contributed by atoms with van der Waals surface area (Å²) in [4.78, 5) is 11.9. The van der Waals surface area contributed by atoms with Crippen molar-refractivity contribution in [3.8, 4) is 0 Å². The van der Waals surface area contributed by atoms with Gasteiger partial charge in [-0.3, -0.25) is 9.10 Å². The first-order chi connectivity index (χ1) is 9.21. The normalized spacial score (nSPS) is 11.4. The van der Waals surface area contributed by atoms with Crippen LogP contribution in [0.3, 0.4) is 0 Å². The van der Waals surface area contributed by atoms with Crippen LogP contribution in [0, 0.1) is 5.92 Å². The van der Waals surface area contributed by atoms with Crippen molar-refractivity contribution in [2.24, 2.45) is 5.92 Å². The monoisotopic (exact) mass is 362 g/mol. The van der Waals surface area contributed by atoms with Gasteiger partial charge in [-0.2, -0.15) is 0 Å². The molecule has 0 aromatic heterocycles. The van der Waals surface area contributed by atoms with E-state index in [1.807, 2.05) is 13.8 Å². The zero-order valence-electron chi connectivity index (χ0n) is 11.8. The molecule has 0 radical (unpaired) electrons. The molecule has 1 aromatic rings. The van der Waals surface area contributed by atoms with E-state index in [1.165, 1.54) is 0 Å². The Morgan fingerprint density at radius 3 is 2.45 bits per heavy atom. The van der Waals surface area contributed by atoms with Gasteiger partial charge < -0.3 is 5.32 Å². The number of benzene rings is 1. The standard InChI is InChI=1S/C13H19BrN2O3S/c1-10(2)8-15-13(17)9-16(20(3,18)19)12-7-5-4-6-11(12)14/h4-7,10H,8-9H2,1-3H3,(H,15,17). The molecule has 0 unspecified atom stereocenters. The third-order valence-electron chi connectivity index (χ3n) is 2.52. The molecule has 0 atom stereocenters. The number of halogens is 1. The maximum atomic E-state index is 11.9. The summed E-state index contributed by atoms with van der Waals surface area (Å²) in [6.45, 7) is 4.24. The Bertz CT molecular complexity index is 573. The number of sulfonamides is 1. The van der Waals surface area contributed by atoms with Crippen molar-refractivity contribution in [3.05, 3.63) is 28.7 Å². The quantitative estimate of drug-likeness (QED) is 0.841. The second kappa shape index (κ2) is 7.08. The van der Waals surface area contributed by atoms with Gasteiger partial charge in [0.1, 0.15) is 6.54 Å². The average molecular weight is 363 g/mol. The van der Waals surface area contributed by atoms with Gasteiger partial charge in [0.15, 0.2) is 0 Å². The van der Waals surface area contributed by atoms with Crippen LogP contribution in [0.2, 0.25) is 0 Å². The molecule has 0 fully saturated rings. The molecule has 1 aromatic carbocycles. The zero-order valence-corrected chi connectivity index (χ0v) is 14.2. The molecule has 0 spiro atoms. The summed E-state index contributed by atoms with van der Waals surface area (Å²) < 4.78 is 25.5. The van der Waals surface area contributed by atoms with E-state index in [0.29, 0.717) is 22.6 Å². The molecule has 0 saturated carbocycles. The third kappa shape index (κ3) is 5.13. The molecular formula is C13H19BrN2O3S. The Kier molecular flexibility index (Phi) is 6.01. The number of para-hydroxylation sites is 1. The number of rotatable bonds is 6. The number of nitrogens with zero attached hydrogens (tertiary/aromatic N) is 1. The van der Waals surface area contributed by atoms with Crippen molar-refractivity contribution in [2.45, 2.75) is 13.8 Å². The fourth-order valence-electron chi connectivity index (χ4n) is 1.54. The van der Waals surface area contributed by atoms with Crippen LogP contribution in [-0.2, 0) is 14.8 Å². The van der Waals surface area contributed by atoms with Crippen molar-refractivity contribution >= 4 is 37.5 Å². The molecule has 0 aliphatic rings. The SMILES string of the molecule is CC(C)CNC(=O)CN(c1ccccc1Br)S(C)(=O)=O. The van der Waals surface area contributed by atoms with Crippen LogP contribution in [0.15, 0.2) is 28.7 Å². The summed E-state index contributed by atoms with van der Waals surface area (Å²) in [6.07, 6.45) is 1.09. The minimum absolute atomic E-state index is 0.228. The Morgan fingerprint density at radius 2 is 1.95 bits per heavy atom. The van der Waals surface area contributed by atoms with Gasteiger partial charge in [-0.1, -0.05) is 26.0 Å². The van der Waals surface area contributed by atoms with Crippen molar-refractivity contribution < 1.29 is 13.2 Å². The summed E-state index contributed by atoms with van der Waals surface area (Å²) in [6, 6.07) is 6.90. The van der Waals surface area contributed by atoms with Gasteiger partial charge in [-0.25, -0.2) is 8.42 Å². The Hall–Kier alpha value is -1.08. The maximum absolute atomic E-state index is 11.9. The van der Waals surface area contributed by atoms with E-state index in [-0.39, 0.29) is 12.5 Å². The Labute approximate surface area is 128 Å². The Balaban J connectivity index is 2.93. The molecule has 0 heterocycles. The summed E-state index contributed by atoms with van der Waals surface area (Å²) in [5.74, 6) is -0.00558. The van der Waals surface area contributed by atoms with E-state index in [9.17, 15) is 13.2 Å². The van der Waals surface area contributed by atoms with Crippen molar-refractivity contribution in [1.29, 1.82) is 0 Å². The summed E-state index contributed by atoms with van der Waals surface area (Å²) >= 11 is 3.30. The van der Waals surface area contributed by atoms with Gasteiger partial charge in [-0.05, 0) is 34.0 Å². The lowest BCUT2D eigenvalue weighted by molar-refractivity contribution is -0.119. The van der Waals surface area contributed by atoms with Crippen LogP contribution >= 0.6 is 15.9 Å². The summed E-state index contributed by atoms with van der Waals surface area (Å²) in [7, 11) is -3.53. The molecule has 1 amide bonds. The number of amides is 1. The molecule has 1 rings (SSSR count). The molecule has 0 aliphatic carbocycles. The highest BCUT2D eigenvalue weighted by Gasteiger charge is 2.22. The second-order valence-electron chi connectivity index (χ2n) is 4.92. The molecule has 0 aliphatic heterocycles. The fourth-order valence-corrected chi connectivity index (χ4v) is 3.02. The molecular weight excluding hydrogens is 344 g/mol. The highest BCUT2D eigenvalue weighted by molar-refractivity contribution is 9.10. The summed E-state index contributed by atoms with van der Waals surface area (Å²) in [5, 5.41) is 2.71. The van der Waals surface area contributed by atoms with Gasteiger partial charge >= 0.3 is 0 Å². The lowest BCUT2D eigenvalue weighted by Crippen LogP contribution is -2.41. The van der Waals surface area contributed by atoms with Crippen molar-refractivity contribution in [3.63, 3.8) is 0 Å². The maximum Gasteiger partial charge on any atom is 0.240 e. The minimum Gasteiger partial charge on any atom is -0.354 e. The lowest BCUT2D eigenvalue weighted by Gasteiger charge is -2.23. The number of hydrogen-bond acceptors (Lipinski definition) is 3. The van der Waals surface area contributed by atoms with E-state index in [2.05, 4.69) is 21.2 Å². The number of carbonyl (C=O) groups excluding carboxylic acids is 1. The predicted molar refractivity (Wildman–Crippen MR) is 84.2 cm³/mol. The van der Waals surface area contributed by atoms with E-state index in [4.69, 9.17) is 0 Å². The van der Waals surface area contributed by atoms with E-state index >= 15 is 0 Å². The van der Waals surface area contributed by atoms with Crippen LogP contribution in [-0.4, -0.2) is 33.7 Å². The van der Waals surface area contributed by atoms with E-state index in [0.717, 1.165) is 10.6 Å². The topological polar surface area (TPSA) is 66.5 Å². The average Bonchev–Trinajstić information content (AvgIpc) is 2.33. The number of carbonyl (C=O) groups is 1. The number of anilines is 1. The first-order valence-electron chi connectivity index (χ1n) is 6.20. The Morgan fingerprint density at radius 1 is 1.35 bits per heavy atom. The molecule has 112 valence electrons. The van der Waals surface area contributed by atoms with Crippen LogP contribution in [0.25, 0.3) is 0 Å². The zero-order chi connectivity index (χ0) is 15.3. The molecule has 5 nitrogen and oxygen atoms in total. The van der Waals surface area contributed by atoms with Crippen molar-refractivity contribution in [1.82, 2.24) is 5.32 Å². The smallest absolute Gasteiger partial charge is 0.240 e. The van der Waals surface area contributed by atoms with Gasteiger partial charge in [0.2, 0.25) is 15.9 Å². The summed E-state index contributed by atoms with van der Waals surface area (Å²) in [5.41, 5.74) is 0.453. The van der Waals surface area contributed by atoms with E-state index in [1.54, 1.807) is 24.3 Å². The van der Waals surface area contributed by atoms with Gasteiger partial charge in [0, 0.05) is 11.0 Å². The minimum atomic E-state index is -3.53.